The molecule has 1 saturated heterocycles. The van der Waals surface area contributed by atoms with E-state index in [2.05, 4.69) is 5.32 Å². The second-order valence-corrected chi connectivity index (χ2v) is 5.19. The summed E-state index contributed by atoms with van der Waals surface area (Å²) in [6.45, 7) is 0.918. The summed E-state index contributed by atoms with van der Waals surface area (Å²) in [7, 11) is 0. The molecule has 6 heteroatoms. The number of piperidine rings is 1. The maximum atomic E-state index is 12.9. The summed E-state index contributed by atoms with van der Waals surface area (Å²) in [5.41, 5.74) is 0.645. The summed E-state index contributed by atoms with van der Waals surface area (Å²) in [6, 6.07) is 4.03. The van der Waals surface area contributed by atoms with Gasteiger partial charge in [-0.25, -0.2) is 4.39 Å². The van der Waals surface area contributed by atoms with Crippen LogP contribution in [0, 0.1) is 5.82 Å². The Hall–Kier alpha value is -1.62. The molecule has 2 rings (SSSR count). The highest BCUT2D eigenvalue weighted by Gasteiger charge is 2.20. The van der Waals surface area contributed by atoms with Crippen molar-refractivity contribution in [1.82, 2.24) is 10.2 Å². The summed E-state index contributed by atoms with van der Waals surface area (Å²) in [6.07, 6.45) is 2.34. The van der Waals surface area contributed by atoms with Crippen LogP contribution in [0.2, 0.25) is 5.02 Å². The van der Waals surface area contributed by atoms with Gasteiger partial charge < -0.3 is 10.2 Å². The fourth-order valence-corrected chi connectivity index (χ4v) is 2.35. The van der Waals surface area contributed by atoms with Crippen molar-refractivity contribution in [1.29, 1.82) is 0 Å². The zero-order chi connectivity index (χ0) is 14.5. The van der Waals surface area contributed by atoms with Crippen molar-refractivity contribution < 1.29 is 14.0 Å². The number of hydrogen-bond acceptors (Lipinski definition) is 2. The number of nitrogens with one attached hydrogen (secondary N) is 1. The molecule has 0 unspecified atom stereocenters. The maximum Gasteiger partial charge on any atom is 0.239 e. The minimum Gasteiger partial charge on any atom is -0.350 e. The molecule has 1 aromatic rings. The molecule has 4 nitrogen and oxygen atoms in total. The van der Waals surface area contributed by atoms with Crippen molar-refractivity contribution in [3.63, 3.8) is 0 Å². The van der Waals surface area contributed by atoms with E-state index >= 15 is 0 Å². The molecule has 0 bridgehead atoms. The van der Waals surface area contributed by atoms with Crippen LogP contribution >= 0.6 is 11.6 Å². The molecule has 20 heavy (non-hydrogen) atoms. The summed E-state index contributed by atoms with van der Waals surface area (Å²) in [5.74, 6) is -0.629. The normalized spacial score (nSPS) is 15.3. The van der Waals surface area contributed by atoms with Crippen LogP contribution in [0.4, 0.5) is 4.39 Å². The zero-order valence-corrected chi connectivity index (χ0v) is 11.8. The maximum absolute atomic E-state index is 12.9. The van der Waals surface area contributed by atoms with Gasteiger partial charge in [0.25, 0.3) is 0 Å². The lowest BCUT2D eigenvalue weighted by Crippen LogP contribution is -2.42. The monoisotopic (exact) mass is 298 g/mol. The molecule has 1 N–H and O–H groups in total. The molecule has 0 spiro atoms. The van der Waals surface area contributed by atoms with E-state index in [0.717, 1.165) is 12.8 Å². The van der Waals surface area contributed by atoms with Crippen LogP contribution in [0.25, 0.3) is 0 Å². The number of halogens is 2. The predicted molar refractivity (Wildman–Crippen MR) is 73.7 cm³/mol. The Bertz CT molecular complexity index is 522. The molecule has 0 saturated carbocycles. The van der Waals surface area contributed by atoms with Gasteiger partial charge in [-0.15, -0.1) is 0 Å². The third kappa shape index (κ3) is 3.93. The fraction of sp³-hybridized carbons (Fsp3) is 0.429. The van der Waals surface area contributed by atoms with Crippen molar-refractivity contribution in [2.45, 2.75) is 25.8 Å². The van der Waals surface area contributed by atoms with Gasteiger partial charge in [0.2, 0.25) is 11.8 Å². The van der Waals surface area contributed by atoms with Crippen molar-refractivity contribution in [3.05, 3.63) is 34.6 Å². The molecular weight excluding hydrogens is 283 g/mol. The Morgan fingerprint density at radius 3 is 2.90 bits per heavy atom. The van der Waals surface area contributed by atoms with Crippen molar-refractivity contribution >= 4 is 23.4 Å². The van der Waals surface area contributed by atoms with E-state index < -0.39 is 5.82 Å². The lowest BCUT2D eigenvalue weighted by Gasteiger charge is -2.26. The highest BCUT2D eigenvalue weighted by Crippen LogP contribution is 2.17. The molecule has 1 heterocycles. The molecule has 0 atom stereocenters. The first-order chi connectivity index (χ1) is 9.56. The van der Waals surface area contributed by atoms with Gasteiger partial charge in [0.05, 0.1) is 6.54 Å². The van der Waals surface area contributed by atoms with E-state index in [-0.39, 0.29) is 29.9 Å². The molecule has 0 aliphatic carbocycles. The van der Waals surface area contributed by atoms with Gasteiger partial charge in [-0.1, -0.05) is 17.7 Å². The second kappa shape index (κ2) is 6.70. The number of carbonyl (C=O) groups is 2. The third-order valence-corrected chi connectivity index (χ3v) is 3.60. The highest BCUT2D eigenvalue weighted by molar-refractivity contribution is 6.31. The van der Waals surface area contributed by atoms with Crippen molar-refractivity contribution in [3.8, 4) is 0 Å². The van der Waals surface area contributed by atoms with Gasteiger partial charge >= 0.3 is 0 Å². The van der Waals surface area contributed by atoms with Crippen LogP contribution in [-0.2, 0) is 16.1 Å². The Labute approximate surface area is 121 Å². The second-order valence-electron chi connectivity index (χ2n) is 4.78. The third-order valence-electron chi connectivity index (χ3n) is 3.25. The number of likely N-dealkylation sites (tertiary alicyclic amines) is 1. The number of nitrogens with zero attached hydrogens (tertiary/aromatic N) is 1. The summed E-state index contributed by atoms with van der Waals surface area (Å²) < 4.78 is 12.9. The first kappa shape index (κ1) is 14.8. The average molecular weight is 299 g/mol. The Morgan fingerprint density at radius 1 is 1.40 bits per heavy atom. The largest absolute Gasteiger partial charge is 0.350 e. The van der Waals surface area contributed by atoms with E-state index in [0.29, 0.717) is 18.5 Å². The van der Waals surface area contributed by atoms with Crippen LogP contribution in [0.15, 0.2) is 18.2 Å². The van der Waals surface area contributed by atoms with E-state index in [1.165, 1.54) is 18.2 Å². The number of hydrogen-bond donors (Lipinski definition) is 1. The smallest absolute Gasteiger partial charge is 0.239 e. The van der Waals surface area contributed by atoms with Gasteiger partial charge in [0.1, 0.15) is 5.82 Å². The van der Waals surface area contributed by atoms with E-state index in [1.54, 1.807) is 4.90 Å². The molecule has 2 amide bonds. The topological polar surface area (TPSA) is 49.4 Å². The van der Waals surface area contributed by atoms with Crippen LogP contribution in [0.1, 0.15) is 24.8 Å². The van der Waals surface area contributed by atoms with Gasteiger partial charge in [0, 0.05) is 24.5 Å². The van der Waals surface area contributed by atoms with Crippen LogP contribution in [0.5, 0.6) is 0 Å². The van der Waals surface area contributed by atoms with E-state index in [4.69, 9.17) is 11.6 Å². The molecular formula is C14H16ClFN2O2. The standard InChI is InChI=1S/C14H16ClFN2O2/c15-12-7-11(16)5-4-10(12)8-17-13(19)9-18-6-2-1-3-14(18)20/h4-5,7H,1-3,6,8-9H2,(H,17,19). The number of rotatable bonds is 4. The van der Waals surface area contributed by atoms with Crippen molar-refractivity contribution in [2.75, 3.05) is 13.1 Å². The van der Waals surface area contributed by atoms with Crippen LogP contribution in [0.3, 0.4) is 0 Å². The predicted octanol–water partition coefficient (Wildman–Crippen LogP) is 2.11. The fourth-order valence-electron chi connectivity index (χ4n) is 2.12. The summed E-state index contributed by atoms with van der Waals surface area (Å²) in [4.78, 5) is 24.9. The van der Waals surface area contributed by atoms with Crippen molar-refractivity contribution in [2.24, 2.45) is 0 Å². The first-order valence-corrected chi connectivity index (χ1v) is 6.92. The molecule has 1 aliphatic rings. The molecule has 0 aromatic heterocycles. The quantitative estimate of drug-likeness (QED) is 0.925. The molecule has 108 valence electrons. The van der Waals surface area contributed by atoms with Gasteiger partial charge in [-0.05, 0) is 30.5 Å². The highest BCUT2D eigenvalue weighted by atomic mass is 35.5. The number of carbonyl (C=O) groups excluding carboxylic acids is 2. The number of amides is 2. The SMILES string of the molecule is O=C(CN1CCCCC1=O)NCc1ccc(F)cc1Cl. The summed E-state index contributed by atoms with van der Waals surface area (Å²) in [5, 5.41) is 2.96. The zero-order valence-electron chi connectivity index (χ0n) is 11.0. The van der Waals surface area contributed by atoms with Crippen LogP contribution < -0.4 is 5.32 Å². The van der Waals surface area contributed by atoms with Gasteiger partial charge in [0.15, 0.2) is 0 Å². The minimum absolute atomic E-state index is 0.0196. The van der Waals surface area contributed by atoms with Gasteiger partial charge in [-0.3, -0.25) is 9.59 Å². The van der Waals surface area contributed by atoms with E-state index in [9.17, 15) is 14.0 Å². The summed E-state index contributed by atoms with van der Waals surface area (Å²) >= 11 is 5.87. The molecule has 1 aliphatic heterocycles. The lowest BCUT2D eigenvalue weighted by atomic mass is 10.1. The Kier molecular flexibility index (Phi) is 4.95. The minimum atomic E-state index is -0.413. The lowest BCUT2D eigenvalue weighted by molar-refractivity contribution is -0.137. The Balaban J connectivity index is 1.84. The first-order valence-electron chi connectivity index (χ1n) is 6.54. The molecule has 0 radical (unpaired) electrons. The molecule has 1 aromatic carbocycles. The van der Waals surface area contributed by atoms with E-state index in [1.807, 2.05) is 0 Å². The number of benzene rings is 1. The molecule has 1 fully saturated rings. The van der Waals surface area contributed by atoms with Gasteiger partial charge in [-0.2, -0.15) is 0 Å². The van der Waals surface area contributed by atoms with Crippen LogP contribution in [-0.4, -0.2) is 29.8 Å². The Morgan fingerprint density at radius 2 is 2.20 bits per heavy atom. The average Bonchev–Trinajstić information content (AvgIpc) is 2.40.